The molecule has 4 heteroatoms. The van der Waals surface area contributed by atoms with Crippen molar-refractivity contribution in [2.75, 3.05) is 13.1 Å². The molecule has 0 aromatic heterocycles. The molecule has 1 heterocycles. The second kappa shape index (κ2) is 13.7. The lowest BCUT2D eigenvalue weighted by atomic mass is 9.80. The molecule has 40 heavy (non-hydrogen) atoms. The van der Waals surface area contributed by atoms with Crippen LogP contribution >= 0.6 is 0 Å². The van der Waals surface area contributed by atoms with Gasteiger partial charge in [0.2, 0.25) is 5.79 Å². The third-order valence-electron chi connectivity index (χ3n) is 8.94. The van der Waals surface area contributed by atoms with E-state index in [1.165, 1.54) is 25.7 Å². The van der Waals surface area contributed by atoms with Crippen molar-refractivity contribution >= 4 is 0 Å². The van der Waals surface area contributed by atoms with Gasteiger partial charge in [-0.1, -0.05) is 97.1 Å². The molecule has 1 aliphatic heterocycles. The number of hydrogen-bond donors (Lipinski definition) is 0. The number of benzene rings is 3. The lowest BCUT2D eigenvalue weighted by Gasteiger charge is -2.56. The van der Waals surface area contributed by atoms with E-state index < -0.39 is 11.5 Å². The number of piperidine rings is 1. The molecule has 0 bridgehead atoms. The van der Waals surface area contributed by atoms with Gasteiger partial charge >= 0.3 is 0 Å². The van der Waals surface area contributed by atoms with E-state index in [-0.39, 0.29) is 0 Å². The molecule has 0 N–H and O–H groups in total. The zero-order valence-electron chi connectivity index (χ0n) is 24.0. The third-order valence-corrected chi connectivity index (χ3v) is 8.94. The Hall–Kier alpha value is -2.76. The van der Waals surface area contributed by atoms with Crippen molar-refractivity contribution in [3.8, 4) is 0 Å². The van der Waals surface area contributed by atoms with Gasteiger partial charge in [-0.05, 0) is 67.6 Å². The fourth-order valence-electron chi connectivity index (χ4n) is 6.37. The van der Waals surface area contributed by atoms with Crippen LogP contribution in [0.15, 0.2) is 104 Å². The fraction of sp³-hybridized carbons (Fsp3) is 0.444. The van der Waals surface area contributed by atoms with Crippen LogP contribution in [0.1, 0.15) is 62.1 Å². The van der Waals surface area contributed by atoms with Crippen molar-refractivity contribution in [2.24, 2.45) is 11.8 Å². The molecule has 3 aromatic rings. The summed E-state index contributed by atoms with van der Waals surface area (Å²) in [6, 6.07) is 31.3. The van der Waals surface area contributed by atoms with Crippen LogP contribution in [0, 0.1) is 11.8 Å². The van der Waals surface area contributed by atoms with Gasteiger partial charge < -0.3 is 14.2 Å². The summed E-state index contributed by atoms with van der Waals surface area (Å²) in [5.41, 5.74) is 2.66. The van der Waals surface area contributed by atoms with Crippen molar-refractivity contribution in [1.82, 2.24) is 4.90 Å². The summed E-state index contributed by atoms with van der Waals surface area (Å²) in [5, 5.41) is 0. The Balaban J connectivity index is 1.45. The molecule has 2 aliphatic rings. The van der Waals surface area contributed by atoms with Gasteiger partial charge in [0.15, 0.2) is 5.72 Å². The quantitative estimate of drug-likeness (QED) is 0.172. The molecular weight excluding hydrogens is 494 g/mol. The minimum atomic E-state index is -0.927. The highest BCUT2D eigenvalue weighted by atomic mass is 16.7. The molecule has 0 spiro atoms. The van der Waals surface area contributed by atoms with E-state index in [4.69, 9.17) is 14.2 Å². The molecule has 1 unspecified atom stereocenters. The van der Waals surface area contributed by atoms with Gasteiger partial charge in [-0.3, -0.25) is 4.90 Å². The minimum absolute atomic E-state index is 0.470. The molecule has 1 atom stereocenters. The fourth-order valence-corrected chi connectivity index (χ4v) is 6.37. The van der Waals surface area contributed by atoms with Gasteiger partial charge in [0, 0.05) is 19.5 Å². The molecule has 5 rings (SSSR count). The van der Waals surface area contributed by atoms with Gasteiger partial charge in [-0.15, -0.1) is 6.58 Å². The predicted octanol–water partition coefficient (Wildman–Crippen LogP) is 8.14. The first-order valence-corrected chi connectivity index (χ1v) is 15.0. The maximum Gasteiger partial charge on any atom is 0.212 e. The SMILES string of the molecule is C=CC1CCC(CN2CCCC(OCc3ccccc3)(OCc3ccccc3)C2(C)OCc2ccccc2)CC1. The molecule has 1 saturated carbocycles. The molecule has 1 saturated heterocycles. The van der Waals surface area contributed by atoms with Crippen molar-refractivity contribution in [3.05, 3.63) is 120 Å². The topological polar surface area (TPSA) is 30.9 Å². The smallest absolute Gasteiger partial charge is 0.212 e. The summed E-state index contributed by atoms with van der Waals surface area (Å²) < 4.78 is 20.9. The predicted molar refractivity (Wildman–Crippen MR) is 161 cm³/mol. The van der Waals surface area contributed by atoms with Gasteiger partial charge in [0.25, 0.3) is 0 Å². The Morgan fingerprint density at radius 3 is 1.68 bits per heavy atom. The number of nitrogens with zero attached hydrogens (tertiary/aromatic N) is 1. The standard InChI is InChI=1S/C36H45NO3/c1-3-30-20-22-31(23-21-30)26-37-25-13-24-36(39-28-33-16-9-5-10-17-33,40-29-34-18-11-6-12-19-34)35(37,2)38-27-32-14-7-4-8-15-32/h3-12,14-19,30-31H,1,13,20-29H2,2H3. The molecule has 3 aromatic carbocycles. The lowest BCUT2D eigenvalue weighted by molar-refractivity contribution is -0.392. The average Bonchev–Trinajstić information content (AvgIpc) is 3.02. The van der Waals surface area contributed by atoms with Gasteiger partial charge in [0.1, 0.15) is 0 Å². The number of rotatable bonds is 12. The number of hydrogen-bond acceptors (Lipinski definition) is 4. The molecule has 2 fully saturated rings. The van der Waals surface area contributed by atoms with E-state index in [2.05, 4.69) is 97.3 Å². The zero-order valence-corrected chi connectivity index (χ0v) is 24.0. The van der Waals surface area contributed by atoms with Crippen LogP contribution in [0.4, 0.5) is 0 Å². The normalized spacial score (nSPS) is 24.9. The Morgan fingerprint density at radius 1 is 0.725 bits per heavy atom. The Kier molecular flexibility index (Phi) is 9.88. The molecule has 0 radical (unpaired) electrons. The highest BCUT2D eigenvalue weighted by Crippen LogP contribution is 2.45. The maximum atomic E-state index is 7.01. The lowest BCUT2D eigenvalue weighted by Crippen LogP contribution is -2.69. The molecule has 4 nitrogen and oxygen atoms in total. The summed E-state index contributed by atoms with van der Waals surface area (Å²) in [6.45, 7) is 9.66. The van der Waals surface area contributed by atoms with Crippen LogP contribution in [0.25, 0.3) is 0 Å². The van der Waals surface area contributed by atoms with E-state index in [0.717, 1.165) is 42.6 Å². The molecule has 212 valence electrons. The van der Waals surface area contributed by atoms with Crippen molar-refractivity contribution in [3.63, 3.8) is 0 Å². The first-order valence-electron chi connectivity index (χ1n) is 15.0. The van der Waals surface area contributed by atoms with Crippen LogP contribution in [0.2, 0.25) is 0 Å². The van der Waals surface area contributed by atoms with Crippen LogP contribution in [0.3, 0.4) is 0 Å². The molecule has 0 amide bonds. The minimum Gasteiger partial charge on any atom is -0.350 e. The average molecular weight is 540 g/mol. The van der Waals surface area contributed by atoms with Crippen LogP contribution in [-0.4, -0.2) is 29.5 Å². The third kappa shape index (κ3) is 6.92. The highest BCUT2D eigenvalue weighted by molar-refractivity contribution is 5.16. The van der Waals surface area contributed by atoms with Crippen molar-refractivity contribution in [1.29, 1.82) is 0 Å². The number of allylic oxidation sites excluding steroid dienone is 1. The Morgan fingerprint density at radius 2 is 1.20 bits per heavy atom. The summed E-state index contributed by atoms with van der Waals surface area (Å²) >= 11 is 0. The van der Waals surface area contributed by atoms with Crippen LogP contribution in [-0.2, 0) is 34.0 Å². The van der Waals surface area contributed by atoms with E-state index >= 15 is 0 Å². The van der Waals surface area contributed by atoms with Crippen molar-refractivity contribution < 1.29 is 14.2 Å². The monoisotopic (exact) mass is 539 g/mol. The van der Waals surface area contributed by atoms with Gasteiger partial charge in [0.05, 0.1) is 19.8 Å². The highest BCUT2D eigenvalue weighted by Gasteiger charge is 2.58. The molecule has 1 aliphatic carbocycles. The zero-order chi connectivity index (χ0) is 27.7. The largest absolute Gasteiger partial charge is 0.350 e. The van der Waals surface area contributed by atoms with E-state index in [0.29, 0.717) is 31.7 Å². The Labute approximate surface area is 241 Å². The van der Waals surface area contributed by atoms with Crippen LogP contribution < -0.4 is 0 Å². The first kappa shape index (κ1) is 28.8. The second-order valence-electron chi connectivity index (χ2n) is 11.6. The summed E-state index contributed by atoms with van der Waals surface area (Å²) in [7, 11) is 0. The van der Waals surface area contributed by atoms with E-state index in [9.17, 15) is 0 Å². The summed E-state index contributed by atoms with van der Waals surface area (Å²) in [5.74, 6) is 0.361. The van der Waals surface area contributed by atoms with E-state index in [1.807, 2.05) is 18.2 Å². The molecular formula is C36H45NO3. The maximum absolute atomic E-state index is 7.01. The van der Waals surface area contributed by atoms with Gasteiger partial charge in [-0.2, -0.15) is 0 Å². The number of likely N-dealkylation sites (tertiary alicyclic amines) is 1. The second-order valence-corrected chi connectivity index (χ2v) is 11.6. The van der Waals surface area contributed by atoms with Crippen LogP contribution in [0.5, 0.6) is 0 Å². The van der Waals surface area contributed by atoms with E-state index in [1.54, 1.807) is 0 Å². The summed E-state index contributed by atoms with van der Waals surface area (Å²) in [4.78, 5) is 2.54. The van der Waals surface area contributed by atoms with Gasteiger partial charge in [-0.25, -0.2) is 0 Å². The Bertz CT molecular complexity index is 1120. The first-order chi connectivity index (χ1) is 19.6. The summed E-state index contributed by atoms with van der Waals surface area (Å²) in [6.07, 6.45) is 8.82. The number of ether oxygens (including phenoxy) is 3. The van der Waals surface area contributed by atoms with Crippen molar-refractivity contribution in [2.45, 2.75) is 76.8 Å².